The molecule has 0 saturated carbocycles. The standard InChI is InChI=1S/C26H29N3O8/c1-34-23(30)17-12-18(24(31)35-2)14-19(13-17)27-25(32)28-10-8-20(9-11-28)29-15-22(37-26(29)33)16-36-21-6-4-3-5-7-21/h3-7,12-14,20,22H,8-11,15-16H2,1-2H3,(H,27,32). The van der Waals surface area contributed by atoms with Crippen molar-refractivity contribution < 1.29 is 38.1 Å². The van der Waals surface area contributed by atoms with Gasteiger partial charge in [-0.15, -0.1) is 0 Å². The van der Waals surface area contributed by atoms with E-state index < -0.39 is 11.9 Å². The Morgan fingerprint density at radius 3 is 2.19 bits per heavy atom. The molecule has 196 valence electrons. The number of amides is 3. The van der Waals surface area contributed by atoms with E-state index in [2.05, 4.69) is 5.32 Å². The second-order valence-electron chi connectivity index (χ2n) is 8.71. The second-order valence-corrected chi connectivity index (χ2v) is 8.71. The number of cyclic esters (lactones) is 1. The average Bonchev–Trinajstić information content (AvgIpc) is 3.31. The van der Waals surface area contributed by atoms with Crippen LogP contribution in [0.1, 0.15) is 33.6 Å². The molecule has 2 aliphatic rings. The Kier molecular flexibility index (Phi) is 8.11. The quantitative estimate of drug-likeness (QED) is 0.444. The van der Waals surface area contributed by atoms with Crippen molar-refractivity contribution in [1.29, 1.82) is 0 Å². The molecule has 2 fully saturated rings. The molecule has 11 heteroatoms. The Morgan fingerprint density at radius 1 is 0.973 bits per heavy atom. The molecule has 0 spiro atoms. The molecule has 2 heterocycles. The molecule has 37 heavy (non-hydrogen) atoms. The normalized spacial score (nSPS) is 17.7. The number of ether oxygens (including phenoxy) is 4. The minimum absolute atomic E-state index is 0.0492. The van der Waals surface area contributed by atoms with E-state index in [1.165, 1.54) is 32.4 Å². The highest BCUT2D eigenvalue weighted by atomic mass is 16.6. The van der Waals surface area contributed by atoms with Gasteiger partial charge in [-0.3, -0.25) is 0 Å². The number of nitrogens with zero attached hydrogens (tertiary/aromatic N) is 2. The zero-order valence-corrected chi connectivity index (χ0v) is 20.7. The minimum atomic E-state index is -0.646. The summed E-state index contributed by atoms with van der Waals surface area (Å²) in [5, 5.41) is 2.73. The lowest BCUT2D eigenvalue weighted by Gasteiger charge is -2.35. The van der Waals surface area contributed by atoms with Crippen molar-refractivity contribution in [2.75, 3.05) is 45.8 Å². The van der Waals surface area contributed by atoms with E-state index in [1.807, 2.05) is 30.3 Å². The predicted octanol–water partition coefficient (Wildman–Crippen LogP) is 3.16. The summed E-state index contributed by atoms with van der Waals surface area (Å²) >= 11 is 0. The summed E-state index contributed by atoms with van der Waals surface area (Å²) in [6, 6.07) is 13.1. The number of carbonyl (C=O) groups is 4. The maximum absolute atomic E-state index is 12.9. The molecule has 1 atom stereocenters. The van der Waals surface area contributed by atoms with Crippen molar-refractivity contribution in [2.45, 2.75) is 25.0 Å². The van der Waals surface area contributed by atoms with E-state index in [-0.39, 0.29) is 47.7 Å². The summed E-state index contributed by atoms with van der Waals surface area (Å²) in [5.74, 6) is -0.578. The first-order chi connectivity index (χ1) is 17.9. The molecule has 0 radical (unpaired) electrons. The molecule has 2 aromatic carbocycles. The number of likely N-dealkylation sites (tertiary alicyclic amines) is 1. The van der Waals surface area contributed by atoms with Crippen LogP contribution in [0.4, 0.5) is 15.3 Å². The number of para-hydroxylation sites is 1. The SMILES string of the molecule is COC(=O)c1cc(NC(=O)N2CCC(N3CC(COc4ccccc4)OC3=O)CC2)cc(C(=O)OC)c1. The number of urea groups is 1. The smallest absolute Gasteiger partial charge is 0.410 e. The van der Waals surface area contributed by atoms with E-state index in [4.69, 9.17) is 18.9 Å². The van der Waals surface area contributed by atoms with E-state index in [9.17, 15) is 19.2 Å². The lowest BCUT2D eigenvalue weighted by molar-refractivity contribution is 0.0599. The van der Waals surface area contributed by atoms with Gasteiger partial charge in [0.05, 0.1) is 31.9 Å². The summed E-state index contributed by atoms with van der Waals surface area (Å²) in [5.41, 5.74) is 0.482. The summed E-state index contributed by atoms with van der Waals surface area (Å²) in [7, 11) is 2.45. The van der Waals surface area contributed by atoms with Gasteiger partial charge in [-0.1, -0.05) is 18.2 Å². The van der Waals surface area contributed by atoms with Crippen molar-refractivity contribution in [3.05, 3.63) is 59.7 Å². The Hall–Kier alpha value is -4.28. The number of hydrogen-bond acceptors (Lipinski definition) is 8. The van der Waals surface area contributed by atoms with Crippen molar-refractivity contribution in [2.24, 2.45) is 0 Å². The lowest BCUT2D eigenvalue weighted by atomic mass is 10.0. The first-order valence-corrected chi connectivity index (χ1v) is 11.9. The van der Waals surface area contributed by atoms with Crippen molar-refractivity contribution >= 4 is 29.8 Å². The zero-order valence-electron chi connectivity index (χ0n) is 20.7. The number of benzene rings is 2. The summed E-state index contributed by atoms with van der Waals surface area (Å²) in [6.07, 6.45) is 0.439. The number of rotatable bonds is 7. The molecule has 2 saturated heterocycles. The van der Waals surface area contributed by atoms with Crippen LogP contribution in [0.15, 0.2) is 48.5 Å². The molecule has 0 aliphatic carbocycles. The molecule has 3 amide bonds. The van der Waals surface area contributed by atoms with Gasteiger partial charge in [0.2, 0.25) is 0 Å². The van der Waals surface area contributed by atoms with Crippen LogP contribution in [0.5, 0.6) is 5.75 Å². The van der Waals surface area contributed by atoms with Crippen molar-refractivity contribution in [3.63, 3.8) is 0 Å². The van der Waals surface area contributed by atoms with Crippen LogP contribution in [0.25, 0.3) is 0 Å². The van der Waals surface area contributed by atoms with E-state index in [0.29, 0.717) is 38.2 Å². The van der Waals surface area contributed by atoms with E-state index in [0.717, 1.165) is 0 Å². The third-order valence-electron chi connectivity index (χ3n) is 6.30. The van der Waals surface area contributed by atoms with Crippen LogP contribution in [0.2, 0.25) is 0 Å². The largest absolute Gasteiger partial charge is 0.490 e. The van der Waals surface area contributed by atoms with Crippen LogP contribution in [-0.4, -0.2) is 86.5 Å². The van der Waals surface area contributed by atoms with Gasteiger partial charge in [0, 0.05) is 24.8 Å². The van der Waals surface area contributed by atoms with Gasteiger partial charge in [-0.2, -0.15) is 0 Å². The molecular formula is C26H29N3O8. The van der Waals surface area contributed by atoms with Crippen LogP contribution < -0.4 is 10.1 Å². The highest BCUT2D eigenvalue weighted by molar-refractivity contribution is 5.99. The number of piperidine rings is 1. The number of nitrogens with one attached hydrogen (secondary N) is 1. The maximum atomic E-state index is 12.9. The van der Waals surface area contributed by atoms with Crippen molar-refractivity contribution in [3.8, 4) is 5.75 Å². The van der Waals surface area contributed by atoms with E-state index in [1.54, 1.807) is 9.80 Å². The number of carbonyl (C=O) groups excluding carboxylic acids is 4. The molecule has 1 unspecified atom stereocenters. The lowest BCUT2D eigenvalue weighted by Crippen LogP contribution is -2.48. The topological polar surface area (TPSA) is 124 Å². The van der Waals surface area contributed by atoms with Crippen LogP contribution in [-0.2, 0) is 14.2 Å². The Bertz CT molecular complexity index is 1110. The third-order valence-corrected chi connectivity index (χ3v) is 6.30. The molecule has 4 rings (SSSR count). The van der Waals surface area contributed by atoms with Gasteiger partial charge < -0.3 is 34.1 Å². The van der Waals surface area contributed by atoms with Gasteiger partial charge in [0.1, 0.15) is 12.4 Å². The Balaban J connectivity index is 1.31. The fraction of sp³-hybridized carbons (Fsp3) is 0.385. The number of hydrogen-bond donors (Lipinski definition) is 1. The number of methoxy groups -OCH3 is 2. The summed E-state index contributed by atoms with van der Waals surface area (Å²) in [6.45, 7) is 1.54. The average molecular weight is 512 g/mol. The fourth-order valence-electron chi connectivity index (χ4n) is 4.39. The number of anilines is 1. The first kappa shape index (κ1) is 25.8. The predicted molar refractivity (Wildman–Crippen MR) is 132 cm³/mol. The molecule has 2 aromatic rings. The highest BCUT2D eigenvalue weighted by Gasteiger charge is 2.38. The molecule has 0 aromatic heterocycles. The Morgan fingerprint density at radius 2 is 1.59 bits per heavy atom. The van der Waals surface area contributed by atoms with Crippen LogP contribution >= 0.6 is 0 Å². The second kappa shape index (κ2) is 11.6. The monoisotopic (exact) mass is 511 g/mol. The van der Waals surface area contributed by atoms with Crippen LogP contribution in [0.3, 0.4) is 0 Å². The van der Waals surface area contributed by atoms with Crippen molar-refractivity contribution in [1.82, 2.24) is 9.80 Å². The van der Waals surface area contributed by atoms with Gasteiger partial charge in [0.25, 0.3) is 0 Å². The van der Waals surface area contributed by atoms with Gasteiger partial charge in [0.15, 0.2) is 6.10 Å². The molecule has 0 bridgehead atoms. The Labute approximate surface area is 214 Å². The summed E-state index contributed by atoms with van der Waals surface area (Å²) in [4.78, 5) is 52.7. The third kappa shape index (κ3) is 6.29. The highest BCUT2D eigenvalue weighted by Crippen LogP contribution is 2.24. The van der Waals surface area contributed by atoms with E-state index >= 15 is 0 Å². The molecular weight excluding hydrogens is 482 g/mol. The fourth-order valence-corrected chi connectivity index (χ4v) is 4.39. The maximum Gasteiger partial charge on any atom is 0.410 e. The zero-order chi connectivity index (χ0) is 26.4. The number of esters is 2. The minimum Gasteiger partial charge on any atom is -0.490 e. The van der Waals surface area contributed by atoms with Gasteiger partial charge in [-0.25, -0.2) is 19.2 Å². The molecule has 2 aliphatic heterocycles. The molecule has 1 N–H and O–H groups in total. The van der Waals surface area contributed by atoms with Gasteiger partial charge in [-0.05, 0) is 43.2 Å². The summed E-state index contributed by atoms with van der Waals surface area (Å²) < 4.78 is 20.7. The van der Waals surface area contributed by atoms with Gasteiger partial charge >= 0.3 is 24.1 Å². The van der Waals surface area contributed by atoms with Crippen LogP contribution in [0, 0.1) is 0 Å². The first-order valence-electron chi connectivity index (χ1n) is 11.9. The molecule has 11 nitrogen and oxygen atoms in total.